The van der Waals surface area contributed by atoms with Gasteiger partial charge in [-0.2, -0.15) is 11.8 Å². The molecule has 0 fully saturated rings. The van der Waals surface area contributed by atoms with Gasteiger partial charge in [0.05, 0.1) is 0 Å². The van der Waals surface area contributed by atoms with Gasteiger partial charge >= 0.3 is 0 Å². The standard InChI is InChI=1S/C7H17NS/c1-7(2,3)6(8)5-9-4/h6H,5,8H2,1-4H3. The molecule has 9 heavy (non-hydrogen) atoms. The average molecular weight is 147 g/mol. The van der Waals surface area contributed by atoms with E-state index in [-0.39, 0.29) is 5.41 Å². The Hall–Kier alpha value is 0.310. The van der Waals surface area contributed by atoms with Crippen LogP contribution in [0.1, 0.15) is 20.8 Å². The van der Waals surface area contributed by atoms with E-state index in [1.165, 1.54) is 0 Å². The lowest BCUT2D eigenvalue weighted by Crippen LogP contribution is -2.37. The predicted octanol–water partition coefficient (Wildman–Crippen LogP) is 1.72. The second-order valence-corrected chi connectivity index (χ2v) is 4.34. The Bertz CT molecular complexity index is 75.5. The first-order valence-corrected chi connectivity index (χ1v) is 4.62. The molecule has 56 valence electrons. The SMILES string of the molecule is CSCC(N)C(C)(C)C. The van der Waals surface area contributed by atoms with Crippen LogP contribution in [0, 0.1) is 5.41 Å². The zero-order chi connectivity index (χ0) is 7.49. The molecule has 0 aromatic carbocycles. The summed E-state index contributed by atoms with van der Waals surface area (Å²) in [4.78, 5) is 0. The van der Waals surface area contributed by atoms with Crippen LogP contribution < -0.4 is 5.73 Å². The Balaban J connectivity index is 3.59. The predicted molar refractivity (Wildman–Crippen MR) is 45.8 cm³/mol. The lowest BCUT2D eigenvalue weighted by Gasteiger charge is -2.25. The van der Waals surface area contributed by atoms with E-state index in [1.807, 2.05) is 11.8 Å². The van der Waals surface area contributed by atoms with Crippen molar-refractivity contribution < 1.29 is 0 Å². The van der Waals surface area contributed by atoms with Crippen LogP contribution in [0.25, 0.3) is 0 Å². The van der Waals surface area contributed by atoms with Gasteiger partial charge in [0.2, 0.25) is 0 Å². The van der Waals surface area contributed by atoms with Crippen molar-refractivity contribution in [1.82, 2.24) is 0 Å². The summed E-state index contributed by atoms with van der Waals surface area (Å²) in [6.45, 7) is 6.52. The van der Waals surface area contributed by atoms with Gasteiger partial charge in [0, 0.05) is 11.8 Å². The third-order valence-corrected chi connectivity index (χ3v) is 2.15. The smallest absolute Gasteiger partial charge is 0.0179 e. The van der Waals surface area contributed by atoms with Gasteiger partial charge in [-0.25, -0.2) is 0 Å². The van der Waals surface area contributed by atoms with E-state index in [0.29, 0.717) is 6.04 Å². The van der Waals surface area contributed by atoms with Crippen LogP contribution in [-0.2, 0) is 0 Å². The van der Waals surface area contributed by atoms with Crippen LogP contribution in [0.15, 0.2) is 0 Å². The summed E-state index contributed by atoms with van der Waals surface area (Å²) in [6.07, 6.45) is 2.09. The summed E-state index contributed by atoms with van der Waals surface area (Å²) >= 11 is 1.81. The fourth-order valence-corrected chi connectivity index (χ4v) is 1.29. The highest BCUT2D eigenvalue weighted by atomic mass is 32.2. The zero-order valence-electron chi connectivity index (χ0n) is 6.77. The quantitative estimate of drug-likeness (QED) is 0.643. The second kappa shape index (κ2) is 3.47. The maximum Gasteiger partial charge on any atom is 0.0179 e. The Morgan fingerprint density at radius 1 is 1.44 bits per heavy atom. The van der Waals surface area contributed by atoms with Gasteiger partial charge in [-0.15, -0.1) is 0 Å². The molecule has 0 amide bonds. The molecular formula is C7H17NS. The first-order chi connectivity index (χ1) is 3.98. The summed E-state index contributed by atoms with van der Waals surface area (Å²) in [5, 5.41) is 0. The molecule has 0 spiro atoms. The number of rotatable bonds is 2. The van der Waals surface area contributed by atoms with E-state index < -0.39 is 0 Å². The molecule has 0 radical (unpaired) electrons. The molecule has 1 nitrogen and oxygen atoms in total. The number of hydrogen-bond acceptors (Lipinski definition) is 2. The third-order valence-electron chi connectivity index (χ3n) is 1.46. The number of thioether (sulfide) groups is 1. The Morgan fingerprint density at radius 3 is 2.00 bits per heavy atom. The average Bonchev–Trinajstić information content (AvgIpc) is 1.64. The van der Waals surface area contributed by atoms with Gasteiger partial charge in [0.1, 0.15) is 0 Å². The maximum atomic E-state index is 5.84. The molecule has 0 saturated heterocycles. The Morgan fingerprint density at radius 2 is 1.89 bits per heavy atom. The molecule has 0 aliphatic carbocycles. The van der Waals surface area contributed by atoms with Crippen LogP contribution >= 0.6 is 11.8 Å². The highest BCUT2D eigenvalue weighted by Gasteiger charge is 2.19. The number of hydrogen-bond donors (Lipinski definition) is 1. The molecular weight excluding hydrogens is 130 g/mol. The molecule has 0 saturated carbocycles. The molecule has 0 heterocycles. The van der Waals surface area contributed by atoms with Gasteiger partial charge in [-0.3, -0.25) is 0 Å². The molecule has 0 aromatic heterocycles. The van der Waals surface area contributed by atoms with Gasteiger partial charge in [-0.1, -0.05) is 20.8 Å². The maximum absolute atomic E-state index is 5.84. The van der Waals surface area contributed by atoms with Crippen LogP contribution in [0.2, 0.25) is 0 Å². The molecule has 0 bridgehead atoms. The van der Waals surface area contributed by atoms with E-state index in [4.69, 9.17) is 5.73 Å². The summed E-state index contributed by atoms with van der Waals surface area (Å²) in [5.74, 6) is 1.06. The summed E-state index contributed by atoms with van der Waals surface area (Å²) in [5.41, 5.74) is 6.11. The topological polar surface area (TPSA) is 26.0 Å². The van der Waals surface area contributed by atoms with Crippen molar-refractivity contribution in [2.75, 3.05) is 12.0 Å². The van der Waals surface area contributed by atoms with Crippen LogP contribution in [0.5, 0.6) is 0 Å². The first kappa shape index (κ1) is 9.31. The van der Waals surface area contributed by atoms with Crippen molar-refractivity contribution in [3.05, 3.63) is 0 Å². The summed E-state index contributed by atoms with van der Waals surface area (Å²) < 4.78 is 0. The zero-order valence-corrected chi connectivity index (χ0v) is 7.59. The van der Waals surface area contributed by atoms with Gasteiger partial charge in [0.15, 0.2) is 0 Å². The Labute approximate surface area is 62.4 Å². The minimum atomic E-state index is 0.267. The molecule has 2 heteroatoms. The molecule has 0 rings (SSSR count). The van der Waals surface area contributed by atoms with Crippen molar-refractivity contribution >= 4 is 11.8 Å². The minimum Gasteiger partial charge on any atom is -0.326 e. The summed E-state index contributed by atoms with van der Waals surface area (Å²) in [7, 11) is 0. The van der Waals surface area contributed by atoms with E-state index in [2.05, 4.69) is 27.0 Å². The van der Waals surface area contributed by atoms with Crippen LogP contribution in [-0.4, -0.2) is 18.1 Å². The van der Waals surface area contributed by atoms with E-state index >= 15 is 0 Å². The molecule has 1 unspecified atom stereocenters. The molecule has 1 atom stereocenters. The highest BCUT2D eigenvalue weighted by molar-refractivity contribution is 7.98. The fraction of sp³-hybridized carbons (Fsp3) is 1.00. The monoisotopic (exact) mass is 147 g/mol. The van der Waals surface area contributed by atoms with Crippen molar-refractivity contribution in [3.8, 4) is 0 Å². The van der Waals surface area contributed by atoms with Gasteiger partial charge < -0.3 is 5.73 Å². The Kier molecular flexibility index (Phi) is 3.59. The summed E-state index contributed by atoms with van der Waals surface area (Å²) in [6, 6.07) is 0.326. The minimum absolute atomic E-state index is 0.267. The normalized spacial score (nSPS) is 15.7. The van der Waals surface area contributed by atoms with Crippen molar-refractivity contribution in [1.29, 1.82) is 0 Å². The first-order valence-electron chi connectivity index (χ1n) is 3.23. The highest BCUT2D eigenvalue weighted by Crippen LogP contribution is 2.19. The second-order valence-electron chi connectivity index (χ2n) is 3.43. The lowest BCUT2D eigenvalue weighted by molar-refractivity contribution is 0.344. The fourth-order valence-electron chi connectivity index (χ4n) is 0.430. The van der Waals surface area contributed by atoms with Gasteiger partial charge in [-0.05, 0) is 11.7 Å². The van der Waals surface area contributed by atoms with E-state index in [1.54, 1.807) is 0 Å². The van der Waals surface area contributed by atoms with Crippen molar-refractivity contribution in [3.63, 3.8) is 0 Å². The van der Waals surface area contributed by atoms with Crippen LogP contribution in [0.4, 0.5) is 0 Å². The molecule has 0 aliphatic rings. The molecule has 2 N–H and O–H groups in total. The van der Waals surface area contributed by atoms with Crippen molar-refractivity contribution in [2.45, 2.75) is 26.8 Å². The van der Waals surface area contributed by atoms with E-state index in [0.717, 1.165) is 5.75 Å². The number of nitrogens with two attached hydrogens (primary N) is 1. The van der Waals surface area contributed by atoms with Crippen LogP contribution in [0.3, 0.4) is 0 Å². The largest absolute Gasteiger partial charge is 0.326 e. The van der Waals surface area contributed by atoms with Gasteiger partial charge in [0.25, 0.3) is 0 Å². The van der Waals surface area contributed by atoms with Crippen molar-refractivity contribution in [2.24, 2.45) is 11.1 Å². The van der Waals surface area contributed by atoms with E-state index in [9.17, 15) is 0 Å². The molecule has 0 aliphatic heterocycles. The lowest BCUT2D eigenvalue weighted by atomic mass is 9.89. The molecule has 0 aromatic rings. The third kappa shape index (κ3) is 3.82.